The number of benzene rings is 1. The predicted octanol–water partition coefficient (Wildman–Crippen LogP) is 2.61. The van der Waals surface area contributed by atoms with E-state index in [1.807, 2.05) is 19.3 Å². The van der Waals surface area contributed by atoms with Crippen LogP contribution in [0.1, 0.15) is 15.9 Å². The molecule has 3 heterocycles. The molecular formula is C23H23N5O3. The second-order valence-corrected chi connectivity index (χ2v) is 7.17. The van der Waals surface area contributed by atoms with Crippen molar-refractivity contribution >= 4 is 23.6 Å². The number of rotatable bonds is 5. The van der Waals surface area contributed by atoms with Crippen molar-refractivity contribution in [3.05, 3.63) is 72.3 Å². The topological polar surface area (TPSA) is 89.4 Å². The first-order chi connectivity index (χ1) is 15.1. The van der Waals surface area contributed by atoms with Crippen molar-refractivity contribution in [2.45, 2.75) is 0 Å². The predicted molar refractivity (Wildman–Crippen MR) is 117 cm³/mol. The Bertz CT molecular complexity index is 1120. The number of aromatic nitrogens is 3. The summed E-state index contributed by atoms with van der Waals surface area (Å²) in [5.41, 5.74) is 3.79. The van der Waals surface area contributed by atoms with Crippen LogP contribution in [0.3, 0.4) is 0 Å². The standard InChI is InChI=1S/C23H23N5O3/c1-27-16-19(15-25-27)21-7-8-24-14-18(21)5-6-22(29)26-20-4-2-3-17(13-20)23(30)28-9-11-31-12-10-28/h2-8,13-16H,9-12H2,1H3,(H,26,29)/b6-5+. The number of aryl methyl sites for hydroxylation is 1. The monoisotopic (exact) mass is 417 g/mol. The van der Waals surface area contributed by atoms with Gasteiger partial charge < -0.3 is 15.0 Å². The van der Waals surface area contributed by atoms with Crippen LogP contribution in [0.25, 0.3) is 17.2 Å². The normalized spacial score (nSPS) is 14.0. The van der Waals surface area contributed by atoms with E-state index in [1.54, 1.807) is 58.5 Å². The minimum Gasteiger partial charge on any atom is -0.378 e. The van der Waals surface area contributed by atoms with E-state index in [9.17, 15) is 9.59 Å². The van der Waals surface area contributed by atoms with Gasteiger partial charge in [-0.15, -0.1) is 0 Å². The van der Waals surface area contributed by atoms with E-state index in [0.717, 1.165) is 16.7 Å². The van der Waals surface area contributed by atoms with Crippen molar-refractivity contribution < 1.29 is 14.3 Å². The number of anilines is 1. The number of hydrogen-bond donors (Lipinski definition) is 1. The number of hydrogen-bond acceptors (Lipinski definition) is 5. The molecule has 0 unspecified atom stereocenters. The zero-order valence-electron chi connectivity index (χ0n) is 17.2. The van der Waals surface area contributed by atoms with E-state index in [4.69, 9.17) is 4.74 Å². The Balaban J connectivity index is 1.45. The maximum atomic E-state index is 12.7. The summed E-state index contributed by atoms with van der Waals surface area (Å²) in [6, 6.07) is 8.84. The number of carbonyl (C=O) groups excluding carboxylic acids is 2. The van der Waals surface area contributed by atoms with Crippen LogP contribution in [-0.2, 0) is 16.6 Å². The van der Waals surface area contributed by atoms with Crippen LogP contribution < -0.4 is 5.32 Å². The molecule has 8 heteroatoms. The van der Waals surface area contributed by atoms with E-state index >= 15 is 0 Å². The molecule has 0 bridgehead atoms. The molecular weight excluding hydrogens is 394 g/mol. The van der Waals surface area contributed by atoms with Gasteiger partial charge in [-0.25, -0.2) is 0 Å². The van der Waals surface area contributed by atoms with Crippen LogP contribution in [0.15, 0.2) is 61.2 Å². The van der Waals surface area contributed by atoms with Crippen LogP contribution in [0, 0.1) is 0 Å². The van der Waals surface area contributed by atoms with E-state index in [-0.39, 0.29) is 11.8 Å². The zero-order valence-corrected chi connectivity index (χ0v) is 17.2. The summed E-state index contributed by atoms with van der Waals surface area (Å²) in [4.78, 5) is 31.0. The largest absolute Gasteiger partial charge is 0.378 e. The molecule has 1 fully saturated rings. The van der Waals surface area contributed by atoms with Crippen molar-refractivity contribution in [1.82, 2.24) is 19.7 Å². The Morgan fingerprint density at radius 2 is 2.00 bits per heavy atom. The molecule has 0 aliphatic carbocycles. The minimum atomic E-state index is -0.294. The second kappa shape index (κ2) is 9.36. The summed E-state index contributed by atoms with van der Waals surface area (Å²) in [5.74, 6) is -0.358. The molecule has 0 radical (unpaired) electrons. The molecule has 31 heavy (non-hydrogen) atoms. The molecule has 1 aliphatic heterocycles. The lowest BCUT2D eigenvalue weighted by Crippen LogP contribution is -2.40. The maximum Gasteiger partial charge on any atom is 0.254 e. The molecule has 8 nitrogen and oxygen atoms in total. The van der Waals surface area contributed by atoms with Gasteiger partial charge in [0, 0.05) is 67.2 Å². The highest BCUT2D eigenvalue weighted by Crippen LogP contribution is 2.23. The molecule has 4 rings (SSSR count). The first kappa shape index (κ1) is 20.5. The fourth-order valence-corrected chi connectivity index (χ4v) is 3.39. The van der Waals surface area contributed by atoms with Gasteiger partial charge in [0.1, 0.15) is 0 Å². The lowest BCUT2D eigenvalue weighted by molar-refractivity contribution is -0.111. The fourth-order valence-electron chi connectivity index (χ4n) is 3.39. The summed E-state index contributed by atoms with van der Waals surface area (Å²) in [6.45, 7) is 2.23. The van der Waals surface area contributed by atoms with Gasteiger partial charge in [-0.1, -0.05) is 6.07 Å². The first-order valence-electron chi connectivity index (χ1n) is 9.99. The summed E-state index contributed by atoms with van der Waals surface area (Å²) in [7, 11) is 1.85. The van der Waals surface area contributed by atoms with Crippen molar-refractivity contribution in [1.29, 1.82) is 0 Å². The molecule has 1 saturated heterocycles. The minimum absolute atomic E-state index is 0.0635. The van der Waals surface area contributed by atoms with Crippen molar-refractivity contribution in [2.24, 2.45) is 7.05 Å². The number of morpholine rings is 1. The lowest BCUT2D eigenvalue weighted by atomic mass is 10.0. The summed E-state index contributed by atoms with van der Waals surface area (Å²) >= 11 is 0. The molecule has 1 aromatic carbocycles. The highest BCUT2D eigenvalue weighted by Gasteiger charge is 2.18. The van der Waals surface area contributed by atoms with Gasteiger partial charge in [-0.05, 0) is 35.9 Å². The van der Waals surface area contributed by atoms with Crippen molar-refractivity contribution in [2.75, 3.05) is 31.6 Å². The highest BCUT2D eigenvalue weighted by molar-refractivity contribution is 6.03. The third-order valence-corrected chi connectivity index (χ3v) is 4.96. The first-order valence-corrected chi connectivity index (χ1v) is 9.99. The molecule has 0 spiro atoms. The van der Waals surface area contributed by atoms with Crippen LogP contribution in [0.2, 0.25) is 0 Å². The summed E-state index contributed by atoms with van der Waals surface area (Å²) in [5, 5.41) is 7.01. The van der Waals surface area contributed by atoms with Crippen molar-refractivity contribution in [3.8, 4) is 11.1 Å². The molecule has 0 atom stereocenters. The van der Waals surface area contributed by atoms with Crippen LogP contribution in [0.5, 0.6) is 0 Å². The summed E-state index contributed by atoms with van der Waals surface area (Å²) in [6.07, 6.45) is 10.2. The van der Waals surface area contributed by atoms with E-state index in [0.29, 0.717) is 37.6 Å². The lowest BCUT2D eigenvalue weighted by Gasteiger charge is -2.27. The SMILES string of the molecule is Cn1cc(-c2ccncc2/C=C/C(=O)Nc2cccc(C(=O)N3CCOCC3)c2)cn1. The number of amides is 2. The third-order valence-electron chi connectivity index (χ3n) is 4.96. The molecule has 0 saturated carbocycles. The van der Waals surface area contributed by atoms with E-state index in [1.165, 1.54) is 6.08 Å². The quantitative estimate of drug-likeness (QED) is 0.645. The number of ether oxygens (including phenoxy) is 1. The Morgan fingerprint density at radius 3 is 2.77 bits per heavy atom. The van der Waals surface area contributed by atoms with E-state index < -0.39 is 0 Å². The average molecular weight is 417 g/mol. The molecule has 158 valence electrons. The van der Waals surface area contributed by atoms with Gasteiger partial charge in [0.25, 0.3) is 5.91 Å². The smallest absolute Gasteiger partial charge is 0.254 e. The third kappa shape index (κ3) is 5.04. The molecule has 2 amide bonds. The average Bonchev–Trinajstić information content (AvgIpc) is 3.24. The van der Waals surface area contributed by atoms with Gasteiger partial charge in [-0.2, -0.15) is 5.10 Å². The van der Waals surface area contributed by atoms with Crippen molar-refractivity contribution in [3.63, 3.8) is 0 Å². The Kier molecular flexibility index (Phi) is 6.18. The number of pyridine rings is 1. The molecule has 2 aromatic heterocycles. The Hall–Kier alpha value is -3.78. The molecule has 3 aromatic rings. The second-order valence-electron chi connectivity index (χ2n) is 7.17. The van der Waals surface area contributed by atoms with Crippen LogP contribution in [0.4, 0.5) is 5.69 Å². The van der Waals surface area contributed by atoms with Gasteiger partial charge in [-0.3, -0.25) is 19.3 Å². The fraction of sp³-hybridized carbons (Fsp3) is 0.217. The van der Waals surface area contributed by atoms with E-state index in [2.05, 4.69) is 15.4 Å². The van der Waals surface area contributed by atoms with Crippen LogP contribution >= 0.6 is 0 Å². The van der Waals surface area contributed by atoms with Gasteiger partial charge in [0.05, 0.1) is 19.4 Å². The van der Waals surface area contributed by atoms with Gasteiger partial charge in [0.15, 0.2) is 0 Å². The Morgan fingerprint density at radius 1 is 1.16 bits per heavy atom. The molecule has 1 aliphatic rings. The van der Waals surface area contributed by atoms with Gasteiger partial charge in [0.2, 0.25) is 5.91 Å². The number of carbonyl (C=O) groups is 2. The summed E-state index contributed by atoms with van der Waals surface area (Å²) < 4.78 is 7.02. The van der Waals surface area contributed by atoms with Gasteiger partial charge >= 0.3 is 0 Å². The van der Waals surface area contributed by atoms with Crippen LogP contribution in [-0.4, -0.2) is 57.8 Å². The highest BCUT2D eigenvalue weighted by atomic mass is 16.5. The maximum absolute atomic E-state index is 12.7. The number of nitrogens with zero attached hydrogens (tertiary/aromatic N) is 4. The molecule has 1 N–H and O–H groups in total. The number of nitrogens with one attached hydrogen (secondary N) is 1. The Labute approximate surface area is 180 Å². The zero-order chi connectivity index (χ0) is 21.6.